The van der Waals surface area contributed by atoms with Crippen LogP contribution in [0.5, 0.6) is 0 Å². The zero-order valence-electron chi connectivity index (χ0n) is 19.8. The molecule has 0 spiro atoms. The van der Waals surface area contributed by atoms with E-state index in [0.717, 1.165) is 22.0 Å². The number of fused-ring (bicyclic) bond motifs is 3. The maximum atomic E-state index is 12.8. The first-order valence-electron chi connectivity index (χ1n) is 11.5. The molecule has 0 unspecified atom stereocenters. The standard InChI is InChI=1S/C27H28N3O4/c1-26(2)14-19(15-27(3,4)30(26)33)28-21-13-18-7-5-6-8-20(18)22-23(21)34-24(29-22)16-9-11-17(12-10-16)25(31)32/h5-13,19,28H,14-15H2,1-4H3,(H,31,32). The van der Waals surface area contributed by atoms with Gasteiger partial charge in [-0.15, -0.1) is 10.3 Å². The molecule has 0 saturated carbocycles. The summed E-state index contributed by atoms with van der Waals surface area (Å²) in [6.07, 6.45) is 1.40. The topological polar surface area (TPSA) is 98.5 Å². The third-order valence-electron chi connectivity index (χ3n) is 6.72. The van der Waals surface area contributed by atoms with Gasteiger partial charge in [0.15, 0.2) is 5.58 Å². The van der Waals surface area contributed by atoms with Crippen molar-refractivity contribution in [2.45, 2.75) is 57.7 Å². The second-order valence-electron chi connectivity index (χ2n) is 10.4. The number of carbonyl (C=O) groups is 1. The Morgan fingerprint density at radius 1 is 1.06 bits per heavy atom. The van der Waals surface area contributed by atoms with Crippen molar-refractivity contribution in [2.75, 3.05) is 5.32 Å². The predicted molar refractivity (Wildman–Crippen MR) is 131 cm³/mol. The second-order valence-corrected chi connectivity index (χ2v) is 10.4. The highest BCUT2D eigenvalue weighted by atomic mass is 16.5. The third-order valence-corrected chi connectivity index (χ3v) is 6.72. The molecule has 34 heavy (non-hydrogen) atoms. The van der Waals surface area contributed by atoms with Gasteiger partial charge in [-0.1, -0.05) is 24.3 Å². The lowest BCUT2D eigenvalue weighted by Gasteiger charge is -2.50. The number of rotatable bonds is 4. The Kier molecular flexibility index (Phi) is 5.15. The van der Waals surface area contributed by atoms with Gasteiger partial charge >= 0.3 is 5.97 Å². The largest absolute Gasteiger partial charge is 0.478 e. The molecule has 3 aromatic carbocycles. The first kappa shape index (κ1) is 22.4. The van der Waals surface area contributed by atoms with E-state index < -0.39 is 17.0 Å². The average Bonchev–Trinajstić information content (AvgIpc) is 3.23. The van der Waals surface area contributed by atoms with E-state index in [1.807, 2.05) is 52.0 Å². The molecule has 0 amide bonds. The molecular weight excluding hydrogens is 430 g/mol. The van der Waals surface area contributed by atoms with Crippen LogP contribution in [0, 0.1) is 0 Å². The van der Waals surface area contributed by atoms with Crippen molar-refractivity contribution >= 4 is 33.5 Å². The minimum Gasteiger partial charge on any atom is -0.478 e. The maximum absolute atomic E-state index is 12.8. The van der Waals surface area contributed by atoms with Crippen LogP contribution in [0.3, 0.4) is 0 Å². The Labute approximate surface area is 198 Å². The van der Waals surface area contributed by atoms with Crippen LogP contribution in [0.1, 0.15) is 50.9 Å². The number of aromatic nitrogens is 1. The van der Waals surface area contributed by atoms with Gasteiger partial charge in [0.2, 0.25) is 5.89 Å². The van der Waals surface area contributed by atoms with Gasteiger partial charge in [-0.25, -0.2) is 9.78 Å². The summed E-state index contributed by atoms with van der Waals surface area (Å²) in [5.74, 6) is -0.544. The van der Waals surface area contributed by atoms with Crippen LogP contribution in [0.4, 0.5) is 5.69 Å². The molecule has 0 atom stereocenters. The summed E-state index contributed by atoms with van der Waals surface area (Å²) in [7, 11) is 0. The Hall–Kier alpha value is -3.42. The highest BCUT2D eigenvalue weighted by Gasteiger charge is 2.46. The van der Waals surface area contributed by atoms with Crippen LogP contribution in [0.2, 0.25) is 0 Å². The lowest BCUT2D eigenvalue weighted by molar-refractivity contribution is -0.288. The SMILES string of the molecule is CC1(C)CC(Nc2cc3ccccc3c3nc(-c4ccc(C(=O)O)cc4)oc23)CC(C)(C)N1[O]. The molecule has 1 fully saturated rings. The summed E-state index contributed by atoms with van der Waals surface area (Å²) in [5, 5.41) is 28.9. The number of benzene rings is 3. The summed E-state index contributed by atoms with van der Waals surface area (Å²) in [6, 6.07) is 16.7. The number of carboxylic acid groups (broad SMARTS) is 1. The number of nitrogens with one attached hydrogen (secondary N) is 1. The van der Waals surface area contributed by atoms with Crippen molar-refractivity contribution in [1.82, 2.24) is 10.0 Å². The van der Waals surface area contributed by atoms with Crippen LogP contribution < -0.4 is 5.32 Å². The third kappa shape index (κ3) is 3.81. The molecule has 1 radical (unpaired) electrons. The molecule has 2 heterocycles. The van der Waals surface area contributed by atoms with Gasteiger partial charge in [-0.3, -0.25) is 0 Å². The van der Waals surface area contributed by atoms with Gasteiger partial charge in [0.25, 0.3) is 0 Å². The zero-order valence-corrected chi connectivity index (χ0v) is 19.8. The zero-order chi connectivity index (χ0) is 24.3. The van der Waals surface area contributed by atoms with E-state index in [2.05, 4.69) is 11.4 Å². The number of hydroxylamine groups is 2. The minimum absolute atomic E-state index is 0.0861. The summed E-state index contributed by atoms with van der Waals surface area (Å²) in [5.41, 5.74) is 2.17. The smallest absolute Gasteiger partial charge is 0.335 e. The van der Waals surface area contributed by atoms with E-state index in [1.165, 1.54) is 5.06 Å². The molecule has 2 N–H and O–H groups in total. The number of aromatic carboxylic acids is 1. The predicted octanol–water partition coefficient (Wildman–Crippen LogP) is 6.13. The highest BCUT2D eigenvalue weighted by Crippen LogP contribution is 2.40. The molecular formula is C27H28N3O4. The molecule has 1 aliphatic heterocycles. The Morgan fingerprint density at radius 3 is 2.35 bits per heavy atom. The van der Waals surface area contributed by atoms with Gasteiger partial charge < -0.3 is 14.8 Å². The molecule has 7 nitrogen and oxygen atoms in total. The van der Waals surface area contributed by atoms with Crippen LogP contribution >= 0.6 is 0 Å². The normalized spacial score (nSPS) is 18.4. The van der Waals surface area contributed by atoms with E-state index >= 15 is 0 Å². The quantitative estimate of drug-likeness (QED) is 0.382. The summed E-state index contributed by atoms with van der Waals surface area (Å²) in [6.45, 7) is 7.94. The van der Waals surface area contributed by atoms with E-state index in [1.54, 1.807) is 24.3 Å². The van der Waals surface area contributed by atoms with Crippen LogP contribution in [-0.2, 0) is 5.21 Å². The lowest BCUT2D eigenvalue weighted by atomic mass is 9.79. The van der Waals surface area contributed by atoms with E-state index in [-0.39, 0.29) is 11.6 Å². The molecule has 0 bridgehead atoms. The molecule has 1 saturated heterocycles. The van der Waals surface area contributed by atoms with Crippen molar-refractivity contribution in [2.24, 2.45) is 0 Å². The molecule has 1 aliphatic rings. The van der Waals surface area contributed by atoms with Gasteiger partial charge in [0.05, 0.1) is 11.3 Å². The maximum Gasteiger partial charge on any atom is 0.335 e. The van der Waals surface area contributed by atoms with Gasteiger partial charge in [-0.05, 0) is 76.3 Å². The van der Waals surface area contributed by atoms with Gasteiger partial charge in [0, 0.05) is 28.1 Å². The van der Waals surface area contributed by atoms with Crippen molar-refractivity contribution in [3.8, 4) is 11.5 Å². The van der Waals surface area contributed by atoms with E-state index in [4.69, 9.17) is 9.40 Å². The number of hydrogen-bond donors (Lipinski definition) is 2. The number of oxazole rings is 1. The van der Waals surface area contributed by atoms with Crippen LogP contribution in [0.15, 0.2) is 59.0 Å². The van der Waals surface area contributed by atoms with Crippen molar-refractivity contribution < 1.29 is 19.5 Å². The molecule has 5 rings (SSSR count). The highest BCUT2D eigenvalue weighted by molar-refractivity contribution is 6.09. The number of anilines is 1. The number of hydrogen-bond acceptors (Lipinski definition) is 5. The van der Waals surface area contributed by atoms with Gasteiger partial charge in [0.1, 0.15) is 5.52 Å². The lowest BCUT2D eigenvalue weighted by Crippen LogP contribution is -2.60. The Balaban J connectivity index is 1.59. The molecule has 4 aromatic rings. The fourth-order valence-corrected chi connectivity index (χ4v) is 5.32. The molecule has 0 aliphatic carbocycles. The summed E-state index contributed by atoms with van der Waals surface area (Å²) >= 11 is 0. The summed E-state index contributed by atoms with van der Waals surface area (Å²) in [4.78, 5) is 16.0. The van der Waals surface area contributed by atoms with Crippen molar-refractivity contribution in [1.29, 1.82) is 0 Å². The fraction of sp³-hybridized carbons (Fsp3) is 0.333. The number of carboxylic acids is 1. The summed E-state index contributed by atoms with van der Waals surface area (Å²) < 4.78 is 6.27. The van der Waals surface area contributed by atoms with Crippen LogP contribution in [-0.4, -0.2) is 38.2 Å². The Bertz CT molecular complexity index is 1370. The van der Waals surface area contributed by atoms with E-state index in [0.29, 0.717) is 29.9 Å². The monoisotopic (exact) mass is 458 g/mol. The second kappa shape index (κ2) is 7.82. The van der Waals surface area contributed by atoms with Crippen molar-refractivity contribution in [3.05, 3.63) is 60.2 Å². The Morgan fingerprint density at radius 2 is 1.71 bits per heavy atom. The fourth-order valence-electron chi connectivity index (χ4n) is 5.32. The average molecular weight is 459 g/mol. The first-order chi connectivity index (χ1) is 16.0. The number of nitrogens with zero attached hydrogens (tertiary/aromatic N) is 2. The van der Waals surface area contributed by atoms with Gasteiger partial charge in [-0.2, -0.15) is 0 Å². The van der Waals surface area contributed by atoms with Crippen molar-refractivity contribution in [3.63, 3.8) is 0 Å². The number of piperidine rings is 1. The van der Waals surface area contributed by atoms with E-state index in [9.17, 15) is 15.1 Å². The minimum atomic E-state index is -0.975. The molecule has 1 aromatic heterocycles. The van der Waals surface area contributed by atoms with Crippen LogP contribution in [0.25, 0.3) is 33.3 Å². The molecule has 175 valence electrons. The first-order valence-corrected chi connectivity index (χ1v) is 11.5. The molecule has 7 heteroatoms.